The lowest BCUT2D eigenvalue weighted by atomic mass is 10.1. The van der Waals surface area contributed by atoms with E-state index in [1.165, 1.54) is 18.2 Å². The van der Waals surface area contributed by atoms with Gasteiger partial charge in [0.1, 0.15) is 5.82 Å². The molecule has 1 aromatic heterocycles. The first-order chi connectivity index (χ1) is 14.2. The molecule has 2 heterocycles. The third-order valence-electron chi connectivity index (χ3n) is 5.30. The summed E-state index contributed by atoms with van der Waals surface area (Å²) in [7, 11) is 0. The number of fused-ring (bicyclic) bond motifs is 1. The molecule has 3 rings (SSSR count). The largest absolute Gasteiger partial charge is 0.352 e. The Morgan fingerprint density at radius 1 is 1.33 bits per heavy atom. The molecule has 2 N–H and O–H groups in total. The summed E-state index contributed by atoms with van der Waals surface area (Å²) >= 11 is 0. The van der Waals surface area contributed by atoms with E-state index < -0.39 is 11.8 Å². The van der Waals surface area contributed by atoms with E-state index in [9.17, 15) is 13.6 Å². The molecule has 0 atom stereocenters. The van der Waals surface area contributed by atoms with Gasteiger partial charge < -0.3 is 10.3 Å². The molecule has 0 aliphatic carbocycles. The van der Waals surface area contributed by atoms with Gasteiger partial charge in [0.25, 0.3) is 0 Å². The molecular weight excluding hydrogens is 386 g/mol. The van der Waals surface area contributed by atoms with E-state index in [1.54, 1.807) is 6.92 Å². The minimum absolute atomic E-state index is 0.0540. The second-order valence-electron chi connectivity index (χ2n) is 7.86. The maximum atomic E-state index is 14.6. The van der Waals surface area contributed by atoms with Gasteiger partial charge in [0.05, 0.1) is 28.8 Å². The number of hydrogen-bond acceptors (Lipinski definition) is 3. The molecule has 0 saturated heterocycles. The first kappa shape index (κ1) is 21.9. The molecule has 0 radical (unpaired) electrons. The van der Waals surface area contributed by atoms with Crippen molar-refractivity contribution in [2.75, 3.05) is 0 Å². The fraction of sp³-hybridized carbons (Fsp3) is 0.391. The number of aryl methyl sites for hydroxylation is 1. The van der Waals surface area contributed by atoms with Crippen molar-refractivity contribution in [3.8, 4) is 0 Å². The Hall–Kier alpha value is -2.80. The van der Waals surface area contributed by atoms with Crippen molar-refractivity contribution >= 4 is 16.9 Å². The van der Waals surface area contributed by atoms with Crippen molar-refractivity contribution in [1.29, 1.82) is 0 Å². The van der Waals surface area contributed by atoms with Crippen molar-refractivity contribution < 1.29 is 13.6 Å². The molecule has 2 aromatic rings. The van der Waals surface area contributed by atoms with Crippen LogP contribution < -0.4 is 5.73 Å². The van der Waals surface area contributed by atoms with Gasteiger partial charge in [0.15, 0.2) is 0 Å². The SMILES string of the molecule is C=CC1=C(/C=C\C)C(F)(F)C(=O)N1Cc1nc2cc(CN)ccc2n1CCC(C)C. The summed E-state index contributed by atoms with van der Waals surface area (Å²) in [6.07, 6.45) is 4.97. The number of hydrogen-bond donors (Lipinski definition) is 1. The molecular formula is C23H28F2N4O. The zero-order chi connectivity index (χ0) is 22.1. The van der Waals surface area contributed by atoms with Crippen LogP contribution in [0.3, 0.4) is 0 Å². The van der Waals surface area contributed by atoms with Crippen molar-refractivity contribution in [2.24, 2.45) is 11.7 Å². The van der Waals surface area contributed by atoms with E-state index in [0.717, 1.165) is 27.9 Å². The predicted molar refractivity (Wildman–Crippen MR) is 115 cm³/mol. The van der Waals surface area contributed by atoms with Gasteiger partial charge in [-0.1, -0.05) is 38.6 Å². The van der Waals surface area contributed by atoms with Gasteiger partial charge >= 0.3 is 11.8 Å². The fourth-order valence-electron chi connectivity index (χ4n) is 3.69. The van der Waals surface area contributed by atoms with Crippen molar-refractivity contribution in [1.82, 2.24) is 14.5 Å². The second kappa shape index (κ2) is 8.52. The molecule has 0 fully saturated rings. The van der Waals surface area contributed by atoms with E-state index in [0.29, 0.717) is 24.8 Å². The smallest absolute Gasteiger partial charge is 0.326 e. The topological polar surface area (TPSA) is 64.2 Å². The number of amides is 1. The van der Waals surface area contributed by atoms with E-state index in [2.05, 4.69) is 25.4 Å². The number of benzene rings is 1. The zero-order valence-corrected chi connectivity index (χ0v) is 17.7. The van der Waals surface area contributed by atoms with Gasteiger partial charge in [0.2, 0.25) is 0 Å². The highest BCUT2D eigenvalue weighted by Crippen LogP contribution is 2.40. The highest BCUT2D eigenvalue weighted by atomic mass is 19.3. The summed E-state index contributed by atoms with van der Waals surface area (Å²) < 4.78 is 31.3. The summed E-state index contributed by atoms with van der Waals surface area (Å²) in [5.41, 5.74) is 8.12. The van der Waals surface area contributed by atoms with Crippen LogP contribution in [0.5, 0.6) is 0 Å². The van der Waals surface area contributed by atoms with Crippen LogP contribution in [0.25, 0.3) is 11.0 Å². The average molecular weight is 415 g/mol. The molecule has 160 valence electrons. The molecule has 0 bridgehead atoms. The third kappa shape index (κ3) is 3.81. The van der Waals surface area contributed by atoms with Crippen LogP contribution in [0.1, 0.15) is 38.6 Å². The molecule has 0 unspecified atom stereocenters. The summed E-state index contributed by atoms with van der Waals surface area (Å²) in [6, 6.07) is 5.79. The molecule has 30 heavy (non-hydrogen) atoms. The number of nitrogens with zero attached hydrogens (tertiary/aromatic N) is 3. The van der Waals surface area contributed by atoms with Gasteiger partial charge in [-0.25, -0.2) is 4.98 Å². The van der Waals surface area contributed by atoms with E-state index in [-0.39, 0.29) is 17.8 Å². The summed E-state index contributed by atoms with van der Waals surface area (Å²) in [5, 5.41) is 0. The number of alkyl halides is 2. The first-order valence-electron chi connectivity index (χ1n) is 10.1. The Bertz CT molecular complexity index is 1030. The Morgan fingerprint density at radius 2 is 2.07 bits per heavy atom. The highest BCUT2D eigenvalue weighted by molar-refractivity contribution is 5.93. The number of halogens is 2. The van der Waals surface area contributed by atoms with Gasteiger partial charge in [-0.2, -0.15) is 8.78 Å². The molecule has 1 aromatic carbocycles. The predicted octanol–water partition coefficient (Wildman–Crippen LogP) is 4.53. The Labute approximate surface area is 175 Å². The van der Waals surface area contributed by atoms with Crippen LogP contribution >= 0.6 is 0 Å². The summed E-state index contributed by atoms with van der Waals surface area (Å²) in [4.78, 5) is 18.3. The number of allylic oxidation sites excluding steroid dienone is 3. The van der Waals surface area contributed by atoms with Crippen molar-refractivity contribution in [3.05, 3.63) is 65.7 Å². The summed E-state index contributed by atoms with van der Waals surface area (Å²) in [6.45, 7) is 10.5. The van der Waals surface area contributed by atoms with Crippen LogP contribution in [0.2, 0.25) is 0 Å². The van der Waals surface area contributed by atoms with E-state index in [1.807, 2.05) is 22.8 Å². The van der Waals surface area contributed by atoms with Gasteiger partial charge in [-0.3, -0.25) is 9.69 Å². The Kier molecular flexibility index (Phi) is 6.22. The van der Waals surface area contributed by atoms with Crippen LogP contribution in [-0.2, 0) is 24.4 Å². The summed E-state index contributed by atoms with van der Waals surface area (Å²) in [5.74, 6) is -3.82. The van der Waals surface area contributed by atoms with E-state index in [4.69, 9.17) is 5.73 Å². The van der Waals surface area contributed by atoms with Crippen LogP contribution in [0.4, 0.5) is 8.78 Å². The Morgan fingerprint density at radius 3 is 2.67 bits per heavy atom. The zero-order valence-electron chi connectivity index (χ0n) is 17.7. The van der Waals surface area contributed by atoms with Crippen LogP contribution in [-0.4, -0.2) is 26.3 Å². The van der Waals surface area contributed by atoms with Crippen LogP contribution in [0, 0.1) is 5.92 Å². The number of carbonyl (C=O) groups excluding carboxylic acids is 1. The number of imidazole rings is 1. The molecule has 0 spiro atoms. The lowest BCUT2D eigenvalue weighted by molar-refractivity contribution is -0.146. The van der Waals surface area contributed by atoms with Crippen molar-refractivity contribution in [2.45, 2.75) is 52.7 Å². The molecule has 0 saturated carbocycles. The quantitative estimate of drug-likeness (QED) is 0.690. The minimum atomic E-state index is -3.59. The fourth-order valence-corrected chi connectivity index (χ4v) is 3.69. The number of aromatic nitrogens is 2. The minimum Gasteiger partial charge on any atom is -0.326 e. The molecule has 7 heteroatoms. The molecule has 1 aliphatic rings. The number of carbonyl (C=O) groups is 1. The third-order valence-corrected chi connectivity index (χ3v) is 5.30. The number of rotatable bonds is 8. The number of nitrogens with two attached hydrogens (primary N) is 1. The van der Waals surface area contributed by atoms with Gasteiger partial charge in [-0.05, 0) is 43.0 Å². The Balaban J connectivity index is 2.08. The monoisotopic (exact) mass is 414 g/mol. The lowest BCUT2D eigenvalue weighted by Gasteiger charge is -2.20. The molecule has 1 amide bonds. The van der Waals surface area contributed by atoms with Crippen molar-refractivity contribution in [3.63, 3.8) is 0 Å². The second-order valence-corrected chi connectivity index (χ2v) is 7.86. The molecule has 1 aliphatic heterocycles. The van der Waals surface area contributed by atoms with Gasteiger partial charge in [-0.15, -0.1) is 0 Å². The van der Waals surface area contributed by atoms with E-state index >= 15 is 0 Å². The maximum Gasteiger partial charge on any atom is 0.352 e. The van der Waals surface area contributed by atoms with Crippen LogP contribution in [0.15, 0.2) is 54.3 Å². The lowest BCUT2D eigenvalue weighted by Crippen LogP contribution is -2.36. The normalized spacial score (nSPS) is 16.6. The average Bonchev–Trinajstić information content (AvgIpc) is 3.14. The maximum absolute atomic E-state index is 14.6. The first-order valence-corrected chi connectivity index (χ1v) is 10.1. The molecule has 5 nitrogen and oxygen atoms in total. The van der Waals surface area contributed by atoms with Gasteiger partial charge in [0, 0.05) is 13.1 Å². The highest BCUT2D eigenvalue weighted by Gasteiger charge is 2.53. The standard InChI is InChI=1S/C23H28F2N4O/c1-5-7-17-19(6-2)29(22(30)23(17,24)25)14-21-27-18-12-16(13-26)8-9-20(18)28(21)11-10-15(3)4/h5-9,12,15H,2,10-11,13-14,26H2,1,3-4H3/b7-5-.